The van der Waals surface area contributed by atoms with Gasteiger partial charge in [-0.15, -0.1) is 11.3 Å². The molecule has 2 aromatic heterocycles. The van der Waals surface area contributed by atoms with E-state index in [-0.39, 0.29) is 12.0 Å². The van der Waals surface area contributed by atoms with E-state index in [1.807, 2.05) is 54.6 Å². The molecule has 4 aromatic rings. The number of nitrogens with one attached hydrogen (secondary N) is 2. The van der Waals surface area contributed by atoms with E-state index in [4.69, 9.17) is 11.6 Å². The highest BCUT2D eigenvalue weighted by Gasteiger charge is 2.17. The Kier molecular flexibility index (Phi) is 8.11. The van der Waals surface area contributed by atoms with E-state index in [0.29, 0.717) is 22.4 Å². The average molecular weight is 534 g/mol. The van der Waals surface area contributed by atoms with Crippen molar-refractivity contribution < 1.29 is 9.90 Å². The first-order chi connectivity index (χ1) is 18.0. The number of likely N-dealkylation sites (tertiary alicyclic amines) is 1. The third-order valence-electron chi connectivity index (χ3n) is 6.23. The number of thiophene rings is 1. The maximum atomic E-state index is 12.7. The summed E-state index contributed by atoms with van der Waals surface area (Å²) in [6.07, 6.45) is 3.20. The first-order valence-corrected chi connectivity index (χ1v) is 13.4. The molecule has 5 rings (SSSR count). The summed E-state index contributed by atoms with van der Waals surface area (Å²) in [7, 11) is 0. The molecule has 1 saturated heterocycles. The number of aliphatic hydroxyl groups is 1. The number of aromatic nitrogens is 2. The van der Waals surface area contributed by atoms with E-state index >= 15 is 0 Å². The largest absolute Gasteiger partial charge is 0.393 e. The summed E-state index contributed by atoms with van der Waals surface area (Å²) in [4.78, 5) is 25.6. The van der Waals surface area contributed by atoms with Crippen molar-refractivity contribution in [2.24, 2.45) is 0 Å². The molecule has 0 aliphatic carbocycles. The van der Waals surface area contributed by atoms with Crippen LogP contribution in [-0.4, -0.2) is 45.1 Å². The van der Waals surface area contributed by atoms with Gasteiger partial charge in [0.1, 0.15) is 0 Å². The Morgan fingerprint density at radius 3 is 2.70 bits per heavy atom. The van der Waals surface area contributed by atoms with Crippen molar-refractivity contribution in [3.05, 3.63) is 94.0 Å². The van der Waals surface area contributed by atoms with Crippen LogP contribution in [0.15, 0.2) is 72.9 Å². The van der Waals surface area contributed by atoms with Gasteiger partial charge in [0.05, 0.1) is 21.6 Å². The van der Waals surface area contributed by atoms with Gasteiger partial charge in [0.2, 0.25) is 5.95 Å². The van der Waals surface area contributed by atoms with Crippen LogP contribution in [0.25, 0.3) is 10.6 Å². The Balaban J connectivity index is 1.21. The second-order valence-corrected chi connectivity index (χ2v) is 10.6. The quantitative estimate of drug-likeness (QED) is 0.277. The number of benzene rings is 2. The summed E-state index contributed by atoms with van der Waals surface area (Å²) in [5.74, 6) is 0.361. The van der Waals surface area contributed by atoms with Gasteiger partial charge in [0, 0.05) is 43.1 Å². The first-order valence-electron chi connectivity index (χ1n) is 12.2. The lowest BCUT2D eigenvalue weighted by molar-refractivity contribution is 0.0792. The smallest absolute Gasteiger partial charge is 0.261 e. The fourth-order valence-electron chi connectivity index (χ4n) is 4.28. The lowest BCUT2D eigenvalue weighted by Crippen LogP contribution is -2.35. The predicted octanol–water partition coefficient (Wildman–Crippen LogP) is 5.49. The lowest BCUT2D eigenvalue weighted by atomic mass is 10.1. The molecular formula is C28H28ClN5O2S. The molecule has 0 atom stereocenters. The van der Waals surface area contributed by atoms with E-state index in [1.165, 1.54) is 16.9 Å². The predicted molar refractivity (Wildman–Crippen MR) is 148 cm³/mol. The molecular weight excluding hydrogens is 506 g/mol. The third kappa shape index (κ3) is 6.93. The summed E-state index contributed by atoms with van der Waals surface area (Å²) in [6, 6.07) is 21.2. The molecule has 0 radical (unpaired) electrons. The van der Waals surface area contributed by atoms with Gasteiger partial charge in [-0.25, -0.2) is 9.97 Å². The second-order valence-electron chi connectivity index (χ2n) is 9.07. The molecule has 3 N–H and O–H groups in total. The van der Waals surface area contributed by atoms with Gasteiger partial charge in [-0.05, 0) is 66.4 Å². The summed E-state index contributed by atoms with van der Waals surface area (Å²) >= 11 is 7.42. The minimum atomic E-state index is -0.170. The molecule has 0 saturated carbocycles. The van der Waals surface area contributed by atoms with E-state index in [0.717, 1.165) is 54.3 Å². The van der Waals surface area contributed by atoms with Crippen LogP contribution in [0.4, 0.5) is 11.6 Å². The fourth-order valence-corrected chi connectivity index (χ4v) is 5.39. The molecule has 3 heterocycles. The maximum absolute atomic E-state index is 12.7. The second kappa shape index (κ2) is 11.8. The van der Waals surface area contributed by atoms with Crippen molar-refractivity contribution >= 4 is 40.5 Å². The van der Waals surface area contributed by atoms with Crippen LogP contribution in [0.5, 0.6) is 0 Å². The Hall–Kier alpha value is -3.30. The molecule has 1 aliphatic heterocycles. The number of nitrogens with zero attached hydrogens (tertiary/aromatic N) is 3. The molecule has 1 fully saturated rings. The Bertz CT molecular complexity index is 1370. The highest BCUT2D eigenvalue weighted by molar-refractivity contribution is 7.17. The van der Waals surface area contributed by atoms with Crippen LogP contribution in [0, 0.1) is 0 Å². The van der Waals surface area contributed by atoms with Crippen molar-refractivity contribution in [1.82, 2.24) is 20.2 Å². The number of aliphatic hydroxyl groups excluding tert-OH is 1. The zero-order valence-corrected chi connectivity index (χ0v) is 21.8. The zero-order chi connectivity index (χ0) is 25.6. The summed E-state index contributed by atoms with van der Waals surface area (Å²) in [6.45, 7) is 3.07. The number of rotatable bonds is 8. The van der Waals surface area contributed by atoms with Gasteiger partial charge >= 0.3 is 0 Å². The monoisotopic (exact) mass is 533 g/mol. The SMILES string of the molecule is O=C(NCc1cccc(Cl)c1)c1ccc(-c2ccnc(Nc3cccc(CN4CCC(O)CC4)c3)n2)s1. The number of anilines is 2. The molecule has 190 valence electrons. The minimum absolute atomic E-state index is 0.136. The standard InChI is InChI=1S/C28H28ClN5O2S/c29-21-5-1-3-19(15-21)17-31-27(36)26-8-7-25(37-26)24-9-12-30-28(33-24)32-22-6-2-4-20(16-22)18-34-13-10-23(35)11-14-34/h1-9,12,15-16,23,35H,10-11,13-14,17-18H2,(H,31,36)(H,30,32,33). The molecule has 7 nitrogen and oxygen atoms in total. The fraction of sp³-hybridized carbons (Fsp3) is 0.250. The highest BCUT2D eigenvalue weighted by atomic mass is 35.5. The Morgan fingerprint density at radius 1 is 1.05 bits per heavy atom. The molecule has 37 heavy (non-hydrogen) atoms. The van der Waals surface area contributed by atoms with Crippen LogP contribution >= 0.6 is 22.9 Å². The van der Waals surface area contributed by atoms with Gasteiger partial charge in [-0.2, -0.15) is 0 Å². The number of halogens is 1. The Labute approximate surface area is 225 Å². The van der Waals surface area contributed by atoms with Crippen LogP contribution in [0.1, 0.15) is 33.6 Å². The number of hydrogen-bond acceptors (Lipinski definition) is 7. The molecule has 0 unspecified atom stereocenters. The summed E-state index contributed by atoms with van der Waals surface area (Å²) in [5.41, 5.74) is 3.81. The van der Waals surface area contributed by atoms with Crippen molar-refractivity contribution in [2.75, 3.05) is 18.4 Å². The van der Waals surface area contributed by atoms with Gasteiger partial charge in [-0.3, -0.25) is 9.69 Å². The van der Waals surface area contributed by atoms with Crippen molar-refractivity contribution in [2.45, 2.75) is 32.0 Å². The molecule has 2 aromatic carbocycles. The Morgan fingerprint density at radius 2 is 1.86 bits per heavy atom. The summed E-state index contributed by atoms with van der Waals surface area (Å²) in [5, 5.41) is 16.6. The van der Waals surface area contributed by atoms with Crippen LogP contribution < -0.4 is 10.6 Å². The van der Waals surface area contributed by atoms with Crippen LogP contribution in [-0.2, 0) is 13.1 Å². The van der Waals surface area contributed by atoms with Gasteiger partial charge in [-0.1, -0.05) is 35.9 Å². The van der Waals surface area contributed by atoms with Crippen molar-refractivity contribution in [3.8, 4) is 10.6 Å². The van der Waals surface area contributed by atoms with Crippen LogP contribution in [0.3, 0.4) is 0 Å². The van der Waals surface area contributed by atoms with E-state index < -0.39 is 0 Å². The van der Waals surface area contributed by atoms with E-state index in [9.17, 15) is 9.90 Å². The maximum Gasteiger partial charge on any atom is 0.261 e. The summed E-state index contributed by atoms with van der Waals surface area (Å²) < 4.78 is 0. The molecule has 9 heteroatoms. The first kappa shape index (κ1) is 25.4. The molecule has 0 spiro atoms. The number of hydrogen-bond donors (Lipinski definition) is 3. The van der Waals surface area contributed by atoms with Crippen molar-refractivity contribution in [1.29, 1.82) is 0 Å². The number of amides is 1. The topological polar surface area (TPSA) is 90.4 Å². The van der Waals surface area contributed by atoms with Gasteiger partial charge in [0.15, 0.2) is 0 Å². The molecule has 1 amide bonds. The average Bonchev–Trinajstić information content (AvgIpc) is 3.40. The van der Waals surface area contributed by atoms with Gasteiger partial charge in [0.25, 0.3) is 5.91 Å². The number of carbonyl (C=O) groups excluding carboxylic acids is 1. The van der Waals surface area contributed by atoms with E-state index in [2.05, 4.69) is 37.6 Å². The normalized spacial score (nSPS) is 14.4. The highest BCUT2D eigenvalue weighted by Crippen LogP contribution is 2.28. The minimum Gasteiger partial charge on any atom is -0.393 e. The number of carbonyl (C=O) groups is 1. The number of piperidine rings is 1. The van der Waals surface area contributed by atoms with E-state index in [1.54, 1.807) is 6.20 Å². The van der Waals surface area contributed by atoms with Crippen LogP contribution in [0.2, 0.25) is 5.02 Å². The zero-order valence-electron chi connectivity index (χ0n) is 20.2. The third-order valence-corrected chi connectivity index (χ3v) is 7.57. The molecule has 0 bridgehead atoms. The van der Waals surface area contributed by atoms with Gasteiger partial charge < -0.3 is 15.7 Å². The van der Waals surface area contributed by atoms with Crippen molar-refractivity contribution in [3.63, 3.8) is 0 Å². The molecule has 1 aliphatic rings. The lowest BCUT2D eigenvalue weighted by Gasteiger charge is -2.29.